The molecule has 5 aliphatic rings. The van der Waals surface area contributed by atoms with Crippen LogP contribution in [0.1, 0.15) is 92.9 Å². The number of hydrogen-bond acceptors (Lipinski definition) is 2. The average Bonchev–Trinajstić information content (AvgIpc) is 2.80. The number of amides is 1. The van der Waals surface area contributed by atoms with E-state index in [9.17, 15) is 9.59 Å². The highest BCUT2D eigenvalue weighted by atomic mass is 16.2. The fourth-order valence-corrected chi connectivity index (χ4v) is 9.09. The van der Waals surface area contributed by atoms with Crippen molar-refractivity contribution in [2.75, 3.05) is 7.05 Å². The summed E-state index contributed by atoms with van der Waals surface area (Å²) in [7, 11) is 2.03. The Morgan fingerprint density at radius 2 is 1.76 bits per heavy atom. The van der Waals surface area contributed by atoms with E-state index >= 15 is 0 Å². The lowest BCUT2D eigenvalue weighted by Gasteiger charge is -2.69. The summed E-state index contributed by atoms with van der Waals surface area (Å²) in [5.41, 5.74) is 5.74. The Kier molecular flexibility index (Phi) is 5.29. The van der Waals surface area contributed by atoms with Gasteiger partial charge in [0.05, 0.1) is 0 Å². The van der Waals surface area contributed by atoms with Crippen molar-refractivity contribution >= 4 is 11.7 Å². The SMILES string of the molecule is CCC(=O)N(C)C1CCC2(C)CCC3(C)C4=CC=C5C(C)=CC(=O)C=C5C4(C)CCC3(C)C2C1. The second-order valence-electron chi connectivity index (χ2n) is 13.0. The maximum absolute atomic E-state index is 12.6. The zero-order valence-corrected chi connectivity index (χ0v) is 22.4. The van der Waals surface area contributed by atoms with E-state index in [1.165, 1.54) is 36.8 Å². The summed E-state index contributed by atoms with van der Waals surface area (Å²) in [5, 5.41) is 0. The van der Waals surface area contributed by atoms with Gasteiger partial charge in [0.15, 0.2) is 5.78 Å². The van der Waals surface area contributed by atoms with Gasteiger partial charge in [-0.2, -0.15) is 0 Å². The highest BCUT2D eigenvalue weighted by Crippen LogP contribution is 2.74. The van der Waals surface area contributed by atoms with E-state index in [0.29, 0.717) is 23.8 Å². The van der Waals surface area contributed by atoms with Crippen LogP contribution in [0, 0.1) is 27.6 Å². The average molecular weight is 462 g/mol. The molecule has 6 atom stereocenters. The molecule has 0 spiro atoms. The van der Waals surface area contributed by atoms with Gasteiger partial charge in [0.25, 0.3) is 0 Å². The molecule has 0 aromatic carbocycles. The highest BCUT2D eigenvalue weighted by Gasteiger charge is 2.66. The molecular formula is C31H43NO2. The van der Waals surface area contributed by atoms with Gasteiger partial charge in [0.2, 0.25) is 5.91 Å². The van der Waals surface area contributed by atoms with E-state index in [-0.39, 0.29) is 27.9 Å². The summed E-state index contributed by atoms with van der Waals surface area (Å²) in [6, 6.07) is 0.358. The molecule has 3 fully saturated rings. The number of rotatable bonds is 2. The molecule has 3 heteroatoms. The first-order valence-electron chi connectivity index (χ1n) is 13.5. The fraction of sp³-hybridized carbons (Fsp3) is 0.677. The minimum Gasteiger partial charge on any atom is -0.343 e. The molecule has 0 radical (unpaired) electrons. The van der Waals surface area contributed by atoms with Gasteiger partial charge in [-0.25, -0.2) is 0 Å². The second-order valence-corrected chi connectivity index (χ2v) is 13.0. The minimum absolute atomic E-state index is 0.0691. The molecule has 3 saturated carbocycles. The molecule has 34 heavy (non-hydrogen) atoms. The van der Waals surface area contributed by atoms with E-state index in [1.807, 2.05) is 20.0 Å². The van der Waals surface area contributed by atoms with Crippen LogP contribution in [0.25, 0.3) is 0 Å². The molecular weight excluding hydrogens is 418 g/mol. The maximum atomic E-state index is 12.6. The van der Waals surface area contributed by atoms with Gasteiger partial charge < -0.3 is 4.90 Å². The number of nitrogens with zero attached hydrogens (tertiary/aromatic N) is 1. The van der Waals surface area contributed by atoms with Crippen molar-refractivity contribution < 1.29 is 9.59 Å². The molecule has 6 unspecified atom stereocenters. The molecule has 0 aromatic heterocycles. The Morgan fingerprint density at radius 3 is 2.47 bits per heavy atom. The largest absolute Gasteiger partial charge is 0.343 e. The van der Waals surface area contributed by atoms with Crippen LogP contribution in [0.5, 0.6) is 0 Å². The lowest BCUT2D eigenvalue weighted by molar-refractivity contribution is -0.157. The van der Waals surface area contributed by atoms with Crippen molar-refractivity contribution in [2.45, 2.75) is 99.0 Å². The Bertz CT molecular complexity index is 1070. The number of fused-ring (bicyclic) bond motifs is 7. The summed E-state index contributed by atoms with van der Waals surface area (Å²) >= 11 is 0. The summed E-state index contributed by atoms with van der Waals surface area (Å²) in [5.74, 6) is 1.02. The van der Waals surface area contributed by atoms with Crippen LogP contribution in [-0.4, -0.2) is 29.7 Å². The molecule has 5 rings (SSSR count). The molecule has 1 amide bonds. The Hall–Kier alpha value is -1.90. The number of carbonyl (C=O) groups excluding carboxylic acids is 2. The van der Waals surface area contributed by atoms with Gasteiger partial charge in [-0.15, -0.1) is 0 Å². The predicted molar refractivity (Wildman–Crippen MR) is 138 cm³/mol. The topological polar surface area (TPSA) is 37.4 Å². The highest BCUT2D eigenvalue weighted by molar-refractivity contribution is 6.04. The van der Waals surface area contributed by atoms with Crippen LogP contribution in [0.2, 0.25) is 0 Å². The van der Waals surface area contributed by atoms with E-state index < -0.39 is 0 Å². The maximum Gasteiger partial charge on any atom is 0.222 e. The van der Waals surface area contributed by atoms with Crippen LogP contribution < -0.4 is 0 Å². The molecule has 184 valence electrons. The molecule has 0 bridgehead atoms. The summed E-state index contributed by atoms with van der Waals surface area (Å²) < 4.78 is 0. The van der Waals surface area contributed by atoms with Crippen molar-refractivity contribution in [3.8, 4) is 0 Å². The monoisotopic (exact) mass is 461 g/mol. The fourth-order valence-electron chi connectivity index (χ4n) is 9.09. The lowest BCUT2D eigenvalue weighted by Crippen LogP contribution is -2.62. The summed E-state index contributed by atoms with van der Waals surface area (Å²) in [4.78, 5) is 27.2. The molecule has 0 aromatic rings. The first kappa shape index (κ1) is 23.8. The first-order valence-corrected chi connectivity index (χ1v) is 13.5. The third kappa shape index (κ3) is 3.00. The zero-order chi connectivity index (χ0) is 24.7. The summed E-state index contributed by atoms with van der Waals surface area (Å²) in [6.07, 6.45) is 17.2. The van der Waals surface area contributed by atoms with E-state index in [1.54, 1.807) is 11.6 Å². The molecule has 0 aliphatic heterocycles. The molecule has 3 nitrogen and oxygen atoms in total. The predicted octanol–water partition coefficient (Wildman–Crippen LogP) is 6.96. The van der Waals surface area contributed by atoms with Crippen LogP contribution in [-0.2, 0) is 9.59 Å². The molecule has 0 N–H and O–H groups in total. The zero-order valence-electron chi connectivity index (χ0n) is 22.4. The van der Waals surface area contributed by atoms with Gasteiger partial charge >= 0.3 is 0 Å². The molecule has 0 saturated heterocycles. The standard InChI is InChI=1S/C31H43NO2/c1-8-27(34)32(7)21-11-12-28(3)13-15-30(5)25-10-9-23-20(2)17-22(33)19-24(23)29(25,4)14-16-31(30,6)26(28)18-21/h9-10,17,19,21,26H,8,11-16,18H2,1-7H3. The summed E-state index contributed by atoms with van der Waals surface area (Å²) in [6.45, 7) is 14.1. The smallest absolute Gasteiger partial charge is 0.222 e. The molecule has 5 aliphatic carbocycles. The van der Waals surface area contributed by atoms with Crippen molar-refractivity contribution in [3.05, 3.63) is 46.6 Å². The third-order valence-electron chi connectivity index (χ3n) is 11.6. The Morgan fingerprint density at radius 1 is 1.03 bits per heavy atom. The van der Waals surface area contributed by atoms with Crippen molar-refractivity contribution in [1.29, 1.82) is 0 Å². The lowest BCUT2D eigenvalue weighted by atomic mass is 9.35. The third-order valence-corrected chi connectivity index (χ3v) is 11.6. The van der Waals surface area contributed by atoms with E-state index in [2.05, 4.69) is 51.7 Å². The van der Waals surface area contributed by atoms with Crippen molar-refractivity contribution in [3.63, 3.8) is 0 Å². The number of hydrogen-bond donors (Lipinski definition) is 0. The number of ketones is 1. The second kappa shape index (κ2) is 7.55. The number of allylic oxidation sites excluding steroid dienone is 8. The minimum atomic E-state index is -0.0691. The normalized spacial score (nSPS) is 43.2. The van der Waals surface area contributed by atoms with Crippen molar-refractivity contribution in [1.82, 2.24) is 4.90 Å². The van der Waals surface area contributed by atoms with Crippen LogP contribution in [0.15, 0.2) is 46.6 Å². The van der Waals surface area contributed by atoms with Crippen LogP contribution >= 0.6 is 0 Å². The Labute approximate surface area is 206 Å². The van der Waals surface area contributed by atoms with Crippen LogP contribution in [0.3, 0.4) is 0 Å². The first-order chi connectivity index (χ1) is 15.9. The van der Waals surface area contributed by atoms with Gasteiger partial charge in [0.1, 0.15) is 0 Å². The van der Waals surface area contributed by atoms with Crippen molar-refractivity contribution in [2.24, 2.45) is 27.6 Å². The van der Waals surface area contributed by atoms with E-state index in [4.69, 9.17) is 0 Å². The van der Waals surface area contributed by atoms with Gasteiger partial charge in [-0.05, 0) is 103 Å². The van der Waals surface area contributed by atoms with Gasteiger partial charge in [-0.1, -0.05) is 52.3 Å². The molecule has 0 heterocycles. The van der Waals surface area contributed by atoms with E-state index in [0.717, 1.165) is 24.8 Å². The number of carbonyl (C=O) groups is 2. The van der Waals surface area contributed by atoms with Gasteiger partial charge in [0, 0.05) is 24.9 Å². The van der Waals surface area contributed by atoms with Crippen LogP contribution in [0.4, 0.5) is 0 Å². The van der Waals surface area contributed by atoms with Gasteiger partial charge in [-0.3, -0.25) is 9.59 Å². The quantitative estimate of drug-likeness (QED) is 0.446. The Balaban J connectivity index is 1.57.